The number of rotatable bonds is 4. The lowest BCUT2D eigenvalue weighted by Crippen LogP contribution is -2.29. The molecule has 0 aliphatic heterocycles. The maximum absolute atomic E-state index is 13.7. The van der Waals surface area contributed by atoms with Crippen LogP contribution in [0, 0.1) is 11.6 Å². The minimum Gasteiger partial charge on any atom is -0.481 e. The number of nitrogens with zero attached hydrogens (tertiary/aromatic N) is 1. The Morgan fingerprint density at radius 2 is 1.90 bits per heavy atom. The maximum atomic E-state index is 13.7. The minimum absolute atomic E-state index is 0.184. The van der Waals surface area contributed by atoms with Crippen molar-refractivity contribution in [1.29, 1.82) is 0 Å². The molecule has 20 heavy (non-hydrogen) atoms. The van der Waals surface area contributed by atoms with Crippen molar-refractivity contribution in [1.82, 2.24) is 4.98 Å². The number of pyridine rings is 1. The largest absolute Gasteiger partial charge is 0.481 e. The van der Waals surface area contributed by atoms with Gasteiger partial charge in [0, 0.05) is 22.9 Å². The normalized spacial score (nSPS) is 13.8. The number of hydrogen-bond acceptors (Lipinski definition) is 3. The molecular weight excluding hydrogens is 330 g/mol. The minimum atomic E-state index is -1.03. The molecule has 1 heterocycles. The summed E-state index contributed by atoms with van der Waals surface area (Å²) in [6.45, 7) is 1.73. The summed E-state index contributed by atoms with van der Waals surface area (Å²) < 4.78 is 33.1. The Balaban J connectivity index is 2.35. The molecule has 0 spiro atoms. The van der Waals surface area contributed by atoms with Crippen LogP contribution in [0.2, 0.25) is 0 Å². The summed E-state index contributed by atoms with van der Waals surface area (Å²) in [6.07, 6.45) is 2.58. The van der Waals surface area contributed by atoms with Crippen molar-refractivity contribution in [3.05, 3.63) is 58.3 Å². The number of hydrogen-bond donors (Lipinski definition) is 1. The average Bonchev–Trinajstić information content (AvgIpc) is 2.41. The van der Waals surface area contributed by atoms with Gasteiger partial charge in [-0.25, -0.2) is 4.39 Å². The Labute approximate surface area is 123 Å². The van der Waals surface area contributed by atoms with Gasteiger partial charge in [0.05, 0.1) is 0 Å². The molecule has 0 bridgehead atoms. The van der Waals surface area contributed by atoms with Gasteiger partial charge in [0.25, 0.3) is 0 Å². The van der Waals surface area contributed by atoms with E-state index in [9.17, 15) is 8.78 Å². The molecule has 2 N–H and O–H groups in total. The molecule has 0 radical (unpaired) electrons. The van der Waals surface area contributed by atoms with Crippen molar-refractivity contribution in [2.75, 3.05) is 0 Å². The fourth-order valence-corrected chi connectivity index (χ4v) is 2.20. The second-order valence-electron chi connectivity index (χ2n) is 4.38. The van der Waals surface area contributed by atoms with E-state index in [-0.39, 0.29) is 5.75 Å². The van der Waals surface area contributed by atoms with Crippen LogP contribution >= 0.6 is 15.9 Å². The summed E-state index contributed by atoms with van der Waals surface area (Å²) in [5, 5.41) is 0. The van der Waals surface area contributed by atoms with Gasteiger partial charge in [-0.1, -0.05) is 15.9 Å². The topological polar surface area (TPSA) is 48.1 Å². The molecule has 106 valence electrons. The van der Waals surface area contributed by atoms with Crippen molar-refractivity contribution in [2.24, 2.45) is 5.73 Å². The molecule has 0 saturated heterocycles. The zero-order chi connectivity index (χ0) is 14.7. The molecule has 2 aromatic rings. The molecule has 0 aliphatic rings. The monoisotopic (exact) mass is 342 g/mol. The van der Waals surface area contributed by atoms with Crippen molar-refractivity contribution < 1.29 is 13.5 Å². The molecule has 1 aromatic heterocycles. The van der Waals surface area contributed by atoms with Gasteiger partial charge < -0.3 is 10.5 Å². The molecule has 0 saturated carbocycles. The first-order valence-corrected chi connectivity index (χ1v) is 6.75. The van der Waals surface area contributed by atoms with Crippen LogP contribution in [0.3, 0.4) is 0 Å². The zero-order valence-corrected chi connectivity index (χ0v) is 12.3. The van der Waals surface area contributed by atoms with Gasteiger partial charge in [-0.05, 0) is 36.8 Å². The first kappa shape index (κ1) is 14.9. The van der Waals surface area contributed by atoms with Gasteiger partial charge in [-0.2, -0.15) is 4.39 Å². The highest BCUT2D eigenvalue weighted by atomic mass is 79.9. The first-order valence-electron chi connectivity index (χ1n) is 5.95. The molecule has 2 unspecified atom stereocenters. The fourth-order valence-electron chi connectivity index (χ4n) is 1.79. The molecule has 6 heteroatoms. The number of benzene rings is 1. The van der Waals surface area contributed by atoms with Gasteiger partial charge in [0.2, 0.25) is 5.82 Å². The molecule has 0 fully saturated rings. The molecule has 2 atom stereocenters. The van der Waals surface area contributed by atoms with E-state index < -0.39 is 23.8 Å². The van der Waals surface area contributed by atoms with Crippen LogP contribution in [0.15, 0.2) is 41.1 Å². The molecule has 2 rings (SSSR count). The van der Waals surface area contributed by atoms with Crippen molar-refractivity contribution in [2.45, 2.75) is 19.1 Å². The summed E-state index contributed by atoms with van der Waals surface area (Å²) in [6, 6.07) is 5.45. The Morgan fingerprint density at radius 3 is 2.50 bits per heavy atom. The highest BCUT2D eigenvalue weighted by Crippen LogP contribution is 2.30. The van der Waals surface area contributed by atoms with Crippen LogP contribution in [-0.4, -0.2) is 11.0 Å². The zero-order valence-electron chi connectivity index (χ0n) is 10.7. The third-order valence-electron chi connectivity index (χ3n) is 2.73. The number of nitrogens with two attached hydrogens (primary N) is 1. The Bertz CT molecular complexity index is 593. The summed E-state index contributed by atoms with van der Waals surface area (Å²) >= 11 is 3.10. The smallest absolute Gasteiger partial charge is 0.200 e. The highest BCUT2D eigenvalue weighted by molar-refractivity contribution is 9.10. The second-order valence-corrected chi connectivity index (χ2v) is 5.29. The van der Waals surface area contributed by atoms with Crippen molar-refractivity contribution in [3.8, 4) is 5.75 Å². The number of ether oxygens (including phenoxy) is 1. The van der Waals surface area contributed by atoms with E-state index in [0.29, 0.717) is 4.47 Å². The lowest BCUT2D eigenvalue weighted by Gasteiger charge is -2.23. The van der Waals surface area contributed by atoms with Gasteiger partial charge in [-0.3, -0.25) is 4.98 Å². The molecular formula is C14H13BrF2N2O. The average molecular weight is 343 g/mol. The Hall–Kier alpha value is -1.53. The lowest BCUT2D eigenvalue weighted by atomic mass is 10.1. The molecule has 3 nitrogen and oxygen atoms in total. The van der Waals surface area contributed by atoms with Gasteiger partial charge in [0.1, 0.15) is 6.10 Å². The van der Waals surface area contributed by atoms with Crippen molar-refractivity contribution >= 4 is 15.9 Å². The standard InChI is InChI=1S/C14H13BrF2N2O/c1-8(18)14(9-2-4-19-5-3-9)20-12-7-10(15)6-11(16)13(12)17/h2-8,14H,18H2,1H3. The number of halogens is 3. The van der Waals surface area contributed by atoms with Crippen LogP contribution in [0.4, 0.5) is 8.78 Å². The lowest BCUT2D eigenvalue weighted by molar-refractivity contribution is 0.170. The van der Waals surface area contributed by atoms with Crippen LogP contribution in [0.1, 0.15) is 18.6 Å². The van der Waals surface area contributed by atoms with E-state index in [0.717, 1.165) is 11.6 Å². The summed E-state index contributed by atoms with van der Waals surface area (Å²) in [5.41, 5.74) is 6.61. The highest BCUT2D eigenvalue weighted by Gasteiger charge is 2.21. The molecule has 1 aromatic carbocycles. The number of aromatic nitrogens is 1. The van der Waals surface area contributed by atoms with Crippen LogP contribution < -0.4 is 10.5 Å². The predicted octanol–water partition coefficient (Wildman–Crippen LogP) is 3.59. The third-order valence-corrected chi connectivity index (χ3v) is 3.18. The van der Waals surface area contributed by atoms with E-state index in [1.165, 1.54) is 6.07 Å². The summed E-state index contributed by atoms with van der Waals surface area (Å²) in [7, 11) is 0. The maximum Gasteiger partial charge on any atom is 0.200 e. The van der Waals surface area contributed by atoms with Crippen LogP contribution in [-0.2, 0) is 0 Å². The third kappa shape index (κ3) is 3.32. The molecule has 0 amide bonds. The predicted molar refractivity (Wildman–Crippen MR) is 75.3 cm³/mol. The van der Waals surface area contributed by atoms with E-state index in [1.54, 1.807) is 31.5 Å². The molecule has 0 aliphatic carbocycles. The van der Waals surface area contributed by atoms with Crippen LogP contribution in [0.5, 0.6) is 5.75 Å². The Morgan fingerprint density at radius 1 is 1.25 bits per heavy atom. The first-order chi connectivity index (χ1) is 9.49. The van der Waals surface area contributed by atoms with Crippen molar-refractivity contribution in [3.63, 3.8) is 0 Å². The second kappa shape index (κ2) is 6.28. The quantitative estimate of drug-likeness (QED) is 0.863. The van der Waals surface area contributed by atoms with Gasteiger partial charge in [-0.15, -0.1) is 0 Å². The van der Waals surface area contributed by atoms with E-state index in [2.05, 4.69) is 20.9 Å². The Kier molecular flexibility index (Phi) is 4.67. The van der Waals surface area contributed by atoms with Crippen LogP contribution in [0.25, 0.3) is 0 Å². The fraction of sp³-hybridized carbons (Fsp3) is 0.214. The van der Waals surface area contributed by atoms with Gasteiger partial charge in [0.15, 0.2) is 11.6 Å². The SMILES string of the molecule is CC(N)C(Oc1cc(Br)cc(F)c1F)c1ccncc1. The summed E-state index contributed by atoms with van der Waals surface area (Å²) in [4.78, 5) is 3.90. The van der Waals surface area contributed by atoms with E-state index >= 15 is 0 Å². The summed E-state index contributed by atoms with van der Waals surface area (Å²) in [5.74, 6) is -2.20. The van der Waals surface area contributed by atoms with Gasteiger partial charge >= 0.3 is 0 Å². The van der Waals surface area contributed by atoms with E-state index in [1.807, 2.05) is 0 Å². The van der Waals surface area contributed by atoms with E-state index in [4.69, 9.17) is 10.5 Å².